The van der Waals surface area contributed by atoms with Gasteiger partial charge in [0.15, 0.2) is 0 Å². The Morgan fingerprint density at radius 3 is 2.14 bits per heavy atom. The topological polar surface area (TPSA) is 66.9 Å². The van der Waals surface area contributed by atoms with E-state index in [0.29, 0.717) is 32.0 Å². The van der Waals surface area contributed by atoms with Crippen LogP contribution in [-0.2, 0) is 19.1 Å². The molecule has 0 bridgehead atoms. The molecule has 0 spiro atoms. The Labute approximate surface area is 131 Å². The van der Waals surface area contributed by atoms with E-state index in [1.807, 2.05) is 20.8 Å². The summed E-state index contributed by atoms with van der Waals surface area (Å²) in [6.07, 6.45) is 0.799. The van der Waals surface area contributed by atoms with Gasteiger partial charge in [-0.1, -0.05) is 6.92 Å². The maximum atomic E-state index is 12.0. The molecular formula is C16H26N2O4. The molecule has 2 saturated heterocycles. The molecule has 0 aromatic heterocycles. The first-order chi connectivity index (χ1) is 10.2. The fourth-order valence-electron chi connectivity index (χ4n) is 2.96. The van der Waals surface area contributed by atoms with Gasteiger partial charge in [0.2, 0.25) is 11.8 Å². The van der Waals surface area contributed by atoms with Gasteiger partial charge in [-0.15, -0.1) is 0 Å². The monoisotopic (exact) mass is 310 g/mol. The van der Waals surface area contributed by atoms with E-state index in [2.05, 4.69) is 6.92 Å². The van der Waals surface area contributed by atoms with E-state index >= 15 is 0 Å². The molecule has 0 saturated carbocycles. The summed E-state index contributed by atoms with van der Waals surface area (Å²) in [5, 5.41) is 0. The molecule has 2 rings (SSSR count). The zero-order chi connectivity index (χ0) is 16.5. The minimum absolute atomic E-state index is 0.0319. The van der Waals surface area contributed by atoms with Gasteiger partial charge in [0.05, 0.1) is 5.92 Å². The first-order valence-electron chi connectivity index (χ1n) is 7.94. The summed E-state index contributed by atoms with van der Waals surface area (Å²) in [7, 11) is 0. The van der Waals surface area contributed by atoms with Gasteiger partial charge < -0.3 is 14.5 Å². The molecule has 0 radical (unpaired) electrons. The fourth-order valence-corrected chi connectivity index (χ4v) is 2.96. The number of likely N-dealkylation sites (tertiary alicyclic amines) is 2. The van der Waals surface area contributed by atoms with Crippen molar-refractivity contribution in [1.29, 1.82) is 0 Å². The Hall–Kier alpha value is -1.59. The van der Waals surface area contributed by atoms with Crippen LogP contribution in [0.5, 0.6) is 0 Å². The van der Waals surface area contributed by atoms with Crippen molar-refractivity contribution < 1.29 is 19.1 Å². The summed E-state index contributed by atoms with van der Waals surface area (Å²) in [5.41, 5.74) is -0.536. The van der Waals surface area contributed by atoms with Crippen LogP contribution in [0.4, 0.5) is 0 Å². The summed E-state index contributed by atoms with van der Waals surface area (Å²) in [6, 6.07) is 0. The second kappa shape index (κ2) is 6.26. The number of nitrogens with zero attached hydrogens (tertiary/aromatic N) is 2. The first-order valence-corrected chi connectivity index (χ1v) is 7.94. The lowest BCUT2D eigenvalue weighted by Crippen LogP contribution is -2.37. The van der Waals surface area contributed by atoms with E-state index in [-0.39, 0.29) is 30.1 Å². The number of esters is 1. The second-order valence-corrected chi connectivity index (χ2v) is 7.42. The van der Waals surface area contributed by atoms with E-state index in [1.54, 1.807) is 9.80 Å². The molecule has 0 aromatic carbocycles. The zero-order valence-electron chi connectivity index (χ0n) is 13.9. The van der Waals surface area contributed by atoms with Gasteiger partial charge in [-0.25, -0.2) is 0 Å². The van der Waals surface area contributed by atoms with Crippen LogP contribution in [0.2, 0.25) is 0 Å². The van der Waals surface area contributed by atoms with Crippen molar-refractivity contribution in [3.8, 4) is 0 Å². The first kappa shape index (κ1) is 16.8. The van der Waals surface area contributed by atoms with Gasteiger partial charge in [0.25, 0.3) is 0 Å². The minimum atomic E-state index is -0.536. The molecule has 0 N–H and O–H groups in total. The smallest absolute Gasteiger partial charge is 0.311 e. The van der Waals surface area contributed by atoms with E-state index in [1.165, 1.54) is 0 Å². The molecule has 2 unspecified atom stereocenters. The Balaban J connectivity index is 1.82. The highest BCUT2D eigenvalue weighted by atomic mass is 16.6. The third-order valence-electron chi connectivity index (χ3n) is 4.00. The molecule has 2 amide bonds. The van der Waals surface area contributed by atoms with Crippen LogP contribution >= 0.6 is 0 Å². The SMILES string of the molecule is CC1CC(=O)N(CCN2CC(C(=O)OC(C)(C)C)CC2=O)C1. The zero-order valence-corrected chi connectivity index (χ0v) is 13.9. The normalized spacial score (nSPS) is 26.0. The summed E-state index contributed by atoms with van der Waals surface area (Å²) in [5.74, 6) is -0.191. The summed E-state index contributed by atoms with van der Waals surface area (Å²) < 4.78 is 5.34. The van der Waals surface area contributed by atoms with Gasteiger partial charge in [0, 0.05) is 39.0 Å². The quantitative estimate of drug-likeness (QED) is 0.728. The molecule has 22 heavy (non-hydrogen) atoms. The predicted octanol–water partition coefficient (Wildman–Crippen LogP) is 1.04. The third kappa shape index (κ3) is 4.21. The molecule has 2 atom stereocenters. The number of hydrogen-bond donors (Lipinski definition) is 0. The van der Waals surface area contributed by atoms with Crippen LogP contribution in [0.3, 0.4) is 0 Å². The van der Waals surface area contributed by atoms with E-state index in [4.69, 9.17) is 4.74 Å². The molecule has 2 fully saturated rings. The van der Waals surface area contributed by atoms with E-state index in [0.717, 1.165) is 6.54 Å². The van der Waals surface area contributed by atoms with Crippen LogP contribution in [-0.4, -0.2) is 59.4 Å². The van der Waals surface area contributed by atoms with Crippen molar-refractivity contribution in [2.24, 2.45) is 11.8 Å². The average Bonchev–Trinajstić information content (AvgIpc) is 2.88. The lowest BCUT2D eigenvalue weighted by atomic mass is 10.1. The van der Waals surface area contributed by atoms with Gasteiger partial charge in [-0.2, -0.15) is 0 Å². The van der Waals surface area contributed by atoms with Crippen LogP contribution in [0.25, 0.3) is 0 Å². The number of carbonyl (C=O) groups excluding carboxylic acids is 3. The summed E-state index contributed by atoms with van der Waals surface area (Å²) >= 11 is 0. The number of carbonyl (C=O) groups is 3. The standard InChI is InChI=1S/C16H26N2O4/c1-11-7-13(19)17(9-11)5-6-18-10-12(8-14(18)20)15(21)22-16(2,3)4/h11-12H,5-10H2,1-4H3. The molecule has 6 heteroatoms. The molecular weight excluding hydrogens is 284 g/mol. The maximum Gasteiger partial charge on any atom is 0.311 e. The van der Waals surface area contributed by atoms with E-state index < -0.39 is 5.60 Å². The van der Waals surface area contributed by atoms with Crippen LogP contribution < -0.4 is 0 Å². The highest BCUT2D eigenvalue weighted by Gasteiger charge is 2.37. The summed E-state index contributed by atoms with van der Waals surface area (Å²) in [6.45, 7) is 9.71. The van der Waals surface area contributed by atoms with Crippen molar-refractivity contribution >= 4 is 17.8 Å². The Morgan fingerprint density at radius 1 is 1.09 bits per heavy atom. The van der Waals surface area contributed by atoms with Gasteiger partial charge >= 0.3 is 5.97 Å². The van der Waals surface area contributed by atoms with Gasteiger partial charge in [-0.05, 0) is 26.7 Å². The van der Waals surface area contributed by atoms with Gasteiger partial charge in [0.1, 0.15) is 5.60 Å². The highest BCUT2D eigenvalue weighted by Crippen LogP contribution is 2.22. The highest BCUT2D eigenvalue weighted by molar-refractivity contribution is 5.87. The van der Waals surface area contributed by atoms with Crippen molar-refractivity contribution in [3.05, 3.63) is 0 Å². The van der Waals surface area contributed by atoms with Crippen LogP contribution in [0.1, 0.15) is 40.5 Å². The largest absolute Gasteiger partial charge is 0.460 e. The second-order valence-electron chi connectivity index (χ2n) is 7.42. The Kier molecular flexibility index (Phi) is 4.78. The molecule has 2 aliphatic heterocycles. The van der Waals surface area contributed by atoms with Crippen LogP contribution in [0.15, 0.2) is 0 Å². The minimum Gasteiger partial charge on any atom is -0.460 e. The lowest BCUT2D eigenvalue weighted by molar-refractivity contribution is -0.159. The average molecular weight is 310 g/mol. The van der Waals surface area contributed by atoms with Crippen molar-refractivity contribution in [2.75, 3.05) is 26.2 Å². The van der Waals surface area contributed by atoms with Crippen molar-refractivity contribution in [3.63, 3.8) is 0 Å². The molecule has 2 aliphatic rings. The predicted molar refractivity (Wildman–Crippen MR) is 80.9 cm³/mol. The van der Waals surface area contributed by atoms with Crippen molar-refractivity contribution in [1.82, 2.24) is 9.80 Å². The van der Waals surface area contributed by atoms with Crippen molar-refractivity contribution in [2.45, 2.75) is 46.1 Å². The number of rotatable bonds is 4. The number of ether oxygens (including phenoxy) is 1. The van der Waals surface area contributed by atoms with Gasteiger partial charge in [-0.3, -0.25) is 14.4 Å². The molecule has 6 nitrogen and oxygen atoms in total. The number of amides is 2. The molecule has 0 aromatic rings. The van der Waals surface area contributed by atoms with E-state index in [9.17, 15) is 14.4 Å². The number of hydrogen-bond acceptors (Lipinski definition) is 4. The maximum absolute atomic E-state index is 12.0. The van der Waals surface area contributed by atoms with Crippen LogP contribution in [0, 0.1) is 11.8 Å². The summed E-state index contributed by atoms with van der Waals surface area (Å²) in [4.78, 5) is 39.3. The molecule has 124 valence electrons. The Bertz CT molecular complexity index is 469. The molecule has 0 aliphatic carbocycles. The lowest BCUT2D eigenvalue weighted by Gasteiger charge is -2.23. The molecule has 2 heterocycles. The fraction of sp³-hybridized carbons (Fsp3) is 0.812. The third-order valence-corrected chi connectivity index (χ3v) is 4.00. The Morgan fingerprint density at radius 2 is 1.64 bits per heavy atom.